The van der Waals surface area contributed by atoms with Crippen molar-refractivity contribution in [2.45, 2.75) is 33.2 Å². The zero-order valence-electron chi connectivity index (χ0n) is 10.4. The summed E-state index contributed by atoms with van der Waals surface area (Å²) in [5.74, 6) is -0.0469. The van der Waals surface area contributed by atoms with Gasteiger partial charge in [0.05, 0.1) is 11.9 Å². The number of aryl methyl sites for hydroxylation is 1. The highest BCUT2D eigenvalue weighted by Crippen LogP contribution is 2.14. The minimum Gasteiger partial charge on any atom is -0.396 e. The van der Waals surface area contributed by atoms with E-state index in [2.05, 4.69) is 12.0 Å². The molecule has 1 heterocycles. The molecule has 0 aliphatic heterocycles. The van der Waals surface area contributed by atoms with Crippen molar-refractivity contribution in [1.82, 2.24) is 14.7 Å². The van der Waals surface area contributed by atoms with E-state index >= 15 is 0 Å². The number of amides is 1. The Kier molecular flexibility index (Phi) is 3.93. The maximum atomic E-state index is 12.3. The molecule has 0 saturated carbocycles. The molecule has 16 heavy (non-hydrogen) atoms. The summed E-state index contributed by atoms with van der Waals surface area (Å²) < 4.78 is 1.53. The number of aromatic nitrogens is 2. The van der Waals surface area contributed by atoms with Gasteiger partial charge in [-0.05, 0) is 20.3 Å². The highest BCUT2D eigenvalue weighted by molar-refractivity contribution is 5.97. The van der Waals surface area contributed by atoms with Crippen molar-refractivity contribution in [2.75, 3.05) is 12.3 Å². The van der Waals surface area contributed by atoms with Gasteiger partial charge in [0, 0.05) is 19.6 Å². The molecular formula is C11H20N4O. The summed E-state index contributed by atoms with van der Waals surface area (Å²) in [6.45, 7) is 6.79. The lowest BCUT2D eigenvalue weighted by Crippen LogP contribution is -2.38. The molecule has 1 aromatic rings. The van der Waals surface area contributed by atoms with Crippen molar-refractivity contribution in [1.29, 1.82) is 0 Å². The molecule has 0 aliphatic rings. The Morgan fingerprint density at radius 2 is 2.25 bits per heavy atom. The summed E-state index contributed by atoms with van der Waals surface area (Å²) in [5, 5.41) is 3.98. The highest BCUT2D eigenvalue weighted by atomic mass is 16.2. The number of hydrogen-bond donors (Lipinski definition) is 1. The first-order valence-corrected chi connectivity index (χ1v) is 5.57. The highest BCUT2D eigenvalue weighted by Gasteiger charge is 2.22. The molecule has 2 N–H and O–H groups in total. The minimum absolute atomic E-state index is 0.0469. The average molecular weight is 224 g/mol. The Bertz CT molecular complexity index is 351. The summed E-state index contributed by atoms with van der Waals surface area (Å²) in [4.78, 5) is 14.1. The fraction of sp³-hybridized carbons (Fsp3) is 0.636. The van der Waals surface area contributed by atoms with Gasteiger partial charge in [-0.1, -0.05) is 6.92 Å². The standard InChI is InChI=1S/C11H20N4O/c1-5-6-15(8(2)3)11(16)10-9(12)7-13-14(10)4/h7-8H,5-6,12H2,1-4H3. The first-order chi connectivity index (χ1) is 7.49. The third kappa shape index (κ3) is 2.35. The molecule has 1 amide bonds. The van der Waals surface area contributed by atoms with Crippen molar-refractivity contribution in [3.63, 3.8) is 0 Å². The lowest BCUT2D eigenvalue weighted by Gasteiger charge is -2.26. The van der Waals surface area contributed by atoms with E-state index in [9.17, 15) is 4.79 Å². The van der Waals surface area contributed by atoms with Crippen LogP contribution in [0.4, 0.5) is 5.69 Å². The van der Waals surface area contributed by atoms with Crippen LogP contribution in [-0.4, -0.2) is 33.2 Å². The maximum Gasteiger partial charge on any atom is 0.274 e. The number of carbonyl (C=O) groups excluding carboxylic acids is 1. The van der Waals surface area contributed by atoms with Crippen LogP contribution >= 0.6 is 0 Å². The number of hydrogen-bond acceptors (Lipinski definition) is 3. The molecule has 0 atom stereocenters. The topological polar surface area (TPSA) is 64.2 Å². The first-order valence-electron chi connectivity index (χ1n) is 5.57. The number of rotatable bonds is 4. The third-order valence-electron chi connectivity index (χ3n) is 2.52. The van der Waals surface area contributed by atoms with E-state index in [1.165, 1.54) is 10.9 Å². The van der Waals surface area contributed by atoms with E-state index in [-0.39, 0.29) is 11.9 Å². The lowest BCUT2D eigenvalue weighted by molar-refractivity contribution is 0.0696. The molecular weight excluding hydrogens is 204 g/mol. The van der Waals surface area contributed by atoms with E-state index in [0.717, 1.165) is 13.0 Å². The molecule has 0 aromatic carbocycles. The van der Waals surface area contributed by atoms with Gasteiger partial charge in [-0.25, -0.2) is 0 Å². The molecule has 0 radical (unpaired) electrons. The van der Waals surface area contributed by atoms with E-state index < -0.39 is 0 Å². The molecule has 0 unspecified atom stereocenters. The predicted octanol–water partition coefficient (Wildman–Crippen LogP) is 1.26. The van der Waals surface area contributed by atoms with Gasteiger partial charge in [0.25, 0.3) is 5.91 Å². The van der Waals surface area contributed by atoms with Gasteiger partial charge in [0.2, 0.25) is 0 Å². The van der Waals surface area contributed by atoms with E-state index in [0.29, 0.717) is 11.4 Å². The van der Waals surface area contributed by atoms with Crippen LogP contribution in [0.2, 0.25) is 0 Å². The minimum atomic E-state index is -0.0469. The van der Waals surface area contributed by atoms with E-state index in [1.54, 1.807) is 7.05 Å². The molecule has 0 saturated heterocycles. The third-order valence-corrected chi connectivity index (χ3v) is 2.52. The van der Waals surface area contributed by atoms with E-state index in [4.69, 9.17) is 5.73 Å². The molecule has 0 spiro atoms. The Hall–Kier alpha value is -1.52. The summed E-state index contributed by atoms with van der Waals surface area (Å²) in [7, 11) is 1.73. The Labute approximate surface area is 96.2 Å². The fourth-order valence-electron chi connectivity index (χ4n) is 1.69. The van der Waals surface area contributed by atoms with Gasteiger partial charge < -0.3 is 10.6 Å². The summed E-state index contributed by atoms with van der Waals surface area (Å²) in [5.41, 5.74) is 6.66. The molecule has 1 rings (SSSR count). The zero-order valence-corrected chi connectivity index (χ0v) is 10.4. The Morgan fingerprint density at radius 3 is 2.62 bits per heavy atom. The molecule has 5 nitrogen and oxygen atoms in total. The summed E-state index contributed by atoms with van der Waals surface area (Å²) >= 11 is 0. The second-order valence-corrected chi connectivity index (χ2v) is 4.16. The van der Waals surface area contributed by atoms with Crippen molar-refractivity contribution in [3.8, 4) is 0 Å². The van der Waals surface area contributed by atoms with E-state index in [1.807, 2.05) is 18.7 Å². The monoisotopic (exact) mass is 224 g/mol. The number of nitrogen functional groups attached to an aromatic ring is 1. The molecule has 1 aromatic heterocycles. The maximum absolute atomic E-state index is 12.3. The van der Waals surface area contributed by atoms with Crippen molar-refractivity contribution < 1.29 is 4.79 Å². The number of anilines is 1. The Balaban J connectivity index is 2.99. The number of nitrogens with zero attached hydrogens (tertiary/aromatic N) is 3. The predicted molar refractivity (Wildman–Crippen MR) is 64.1 cm³/mol. The SMILES string of the molecule is CCCN(C(=O)c1c(N)cnn1C)C(C)C. The lowest BCUT2D eigenvalue weighted by atomic mass is 10.2. The summed E-state index contributed by atoms with van der Waals surface area (Å²) in [6, 6.07) is 0.168. The van der Waals surface area contributed by atoms with Crippen LogP contribution in [0.1, 0.15) is 37.7 Å². The van der Waals surface area contributed by atoms with Gasteiger partial charge in [-0.15, -0.1) is 0 Å². The van der Waals surface area contributed by atoms with Gasteiger partial charge in [-0.3, -0.25) is 9.48 Å². The molecule has 90 valence electrons. The van der Waals surface area contributed by atoms with Crippen LogP contribution in [0.3, 0.4) is 0 Å². The Morgan fingerprint density at radius 1 is 1.62 bits per heavy atom. The van der Waals surface area contributed by atoms with Crippen molar-refractivity contribution in [2.24, 2.45) is 7.05 Å². The van der Waals surface area contributed by atoms with Crippen LogP contribution in [0.5, 0.6) is 0 Å². The van der Waals surface area contributed by atoms with Crippen LogP contribution in [0, 0.1) is 0 Å². The second kappa shape index (κ2) is 5.01. The van der Waals surface area contributed by atoms with Gasteiger partial charge in [0.1, 0.15) is 5.69 Å². The number of carbonyl (C=O) groups is 1. The van der Waals surface area contributed by atoms with Crippen LogP contribution in [-0.2, 0) is 7.05 Å². The largest absolute Gasteiger partial charge is 0.396 e. The average Bonchev–Trinajstić information content (AvgIpc) is 2.54. The van der Waals surface area contributed by atoms with Crippen molar-refractivity contribution in [3.05, 3.63) is 11.9 Å². The molecule has 0 aliphatic carbocycles. The molecule has 0 bridgehead atoms. The van der Waals surface area contributed by atoms with Gasteiger partial charge in [-0.2, -0.15) is 5.10 Å². The number of nitrogens with two attached hydrogens (primary N) is 1. The fourth-order valence-corrected chi connectivity index (χ4v) is 1.69. The van der Waals surface area contributed by atoms with Crippen LogP contribution < -0.4 is 5.73 Å². The van der Waals surface area contributed by atoms with Gasteiger partial charge in [0.15, 0.2) is 0 Å². The molecule has 0 fully saturated rings. The zero-order chi connectivity index (χ0) is 12.3. The van der Waals surface area contributed by atoms with Crippen LogP contribution in [0.15, 0.2) is 6.20 Å². The smallest absolute Gasteiger partial charge is 0.274 e. The summed E-state index contributed by atoms with van der Waals surface area (Å²) in [6.07, 6.45) is 2.44. The quantitative estimate of drug-likeness (QED) is 0.837. The van der Waals surface area contributed by atoms with Gasteiger partial charge >= 0.3 is 0 Å². The van der Waals surface area contributed by atoms with Crippen molar-refractivity contribution >= 4 is 11.6 Å². The second-order valence-electron chi connectivity index (χ2n) is 4.16. The first kappa shape index (κ1) is 12.5. The van der Waals surface area contributed by atoms with Crippen LogP contribution in [0.25, 0.3) is 0 Å². The molecule has 5 heteroatoms. The normalized spacial score (nSPS) is 10.8.